The third kappa shape index (κ3) is 8.17. The molecule has 2 aromatic rings. The zero-order chi connectivity index (χ0) is 19.9. The third-order valence-electron chi connectivity index (χ3n) is 3.54. The van der Waals surface area contributed by atoms with Gasteiger partial charge in [0.15, 0.2) is 0 Å². The van der Waals surface area contributed by atoms with Crippen molar-refractivity contribution in [2.24, 2.45) is 15.8 Å². The first-order valence-electron chi connectivity index (χ1n) is 8.77. The van der Waals surface area contributed by atoms with E-state index in [-0.39, 0.29) is 6.42 Å². The normalized spacial score (nSPS) is 11.1. The Morgan fingerprint density at radius 1 is 1.30 bits per heavy atom. The average molecular weight is 373 g/mol. The number of carbonyl (C=O) groups is 2. The minimum absolute atomic E-state index is 0.0278. The highest BCUT2D eigenvalue weighted by Gasteiger charge is 2.03. The molecular formula is C19H27N5O3. The lowest BCUT2D eigenvalue weighted by Crippen LogP contribution is -2.27. The molecule has 146 valence electrons. The number of aromatic amines is 1. The summed E-state index contributed by atoms with van der Waals surface area (Å²) >= 11 is 0. The summed E-state index contributed by atoms with van der Waals surface area (Å²) < 4.78 is 5.24. The van der Waals surface area contributed by atoms with Crippen LogP contribution in [0.1, 0.15) is 38.2 Å². The van der Waals surface area contributed by atoms with Crippen molar-refractivity contribution in [2.45, 2.75) is 32.6 Å². The van der Waals surface area contributed by atoms with Gasteiger partial charge in [0.2, 0.25) is 5.96 Å². The Bertz CT molecular complexity index is 762. The molecule has 8 heteroatoms. The van der Waals surface area contributed by atoms with E-state index >= 15 is 0 Å². The van der Waals surface area contributed by atoms with Gasteiger partial charge in [-0.15, -0.1) is 0 Å². The van der Waals surface area contributed by atoms with Gasteiger partial charge in [-0.05, 0) is 24.6 Å². The van der Waals surface area contributed by atoms with Crippen LogP contribution in [0.4, 0.5) is 0 Å². The van der Waals surface area contributed by atoms with E-state index in [0.717, 1.165) is 41.6 Å². The smallest absolute Gasteiger partial charge is 0.209 e. The Balaban J connectivity index is 0.000000646. The van der Waals surface area contributed by atoms with E-state index in [1.807, 2.05) is 24.4 Å². The van der Waals surface area contributed by atoms with Crippen LogP contribution in [-0.4, -0.2) is 43.4 Å². The molecule has 0 saturated heterocycles. The topological polar surface area (TPSA) is 122 Å². The van der Waals surface area contributed by atoms with E-state index in [2.05, 4.69) is 27.4 Å². The summed E-state index contributed by atoms with van der Waals surface area (Å²) in [6.07, 6.45) is 8.14. The van der Waals surface area contributed by atoms with Crippen LogP contribution in [0.15, 0.2) is 34.5 Å². The molecule has 0 fully saturated rings. The average Bonchev–Trinajstić information content (AvgIpc) is 3.08. The fourth-order valence-electron chi connectivity index (χ4n) is 2.16. The van der Waals surface area contributed by atoms with Crippen molar-refractivity contribution < 1.29 is 14.3 Å². The van der Waals surface area contributed by atoms with E-state index in [4.69, 9.17) is 10.5 Å². The number of guanidine groups is 1. The van der Waals surface area contributed by atoms with Crippen molar-refractivity contribution in [3.8, 4) is 5.75 Å². The largest absolute Gasteiger partial charge is 0.497 e. The number of aldehydes is 2. The number of nitrogens with one attached hydrogen (secondary N) is 2. The Labute approximate surface area is 158 Å². The number of benzene rings is 1. The van der Waals surface area contributed by atoms with Crippen LogP contribution >= 0.6 is 0 Å². The summed E-state index contributed by atoms with van der Waals surface area (Å²) in [6, 6.07) is 5.86. The van der Waals surface area contributed by atoms with Crippen molar-refractivity contribution >= 4 is 35.6 Å². The zero-order valence-electron chi connectivity index (χ0n) is 15.8. The summed E-state index contributed by atoms with van der Waals surface area (Å²) in [6.45, 7) is 2.89. The first kappa shape index (κ1) is 21.9. The number of H-pyrrole nitrogens is 1. The SMILES string of the molecule is CCCCCN=C(N)N/N=C/c1c[nH]c2ccc(OC)cc12.O=CCC=O. The molecule has 1 aromatic heterocycles. The molecule has 0 unspecified atom stereocenters. The van der Waals surface area contributed by atoms with Gasteiger partial charge < -0.3 is 25.0 Å². The molecule has 8 nitrogen and oxygen atoms in total. The fourth-order valence-corrected chi connectivity index (χ4v) is 2.16. The van der Waals surface area contributed by atoms with Crippen molar-refractivity contribution in [3.63, 3.8) is 0 Å². The number of ether oxygens (including phenoxy) is 1. The van der Waals surface area contributed by atoms with Gasteiger partial charge in [0, 0.05) is 29.2 Å². The maximum absolute atomic E-state index is 9.17. The van der Waals surface area contributed by atoms with Crippen LogP contribution in [0.2, 0.25) is 0 Å². The van der Waals surface area contributed by atoms with Gasteiger partial charge in [0.25, 0.3) is 0 Å². The second-order valence-corrected chi connectivity index (χ2v) is 5.57. The maximum atomic E-state index is 9.17. The molecule has 1 aromatic carbocycles. The third-order valence-corrected chi connectivity index (χ3v) is 3.54. The minimum Gasteiger partial charge on any atom is -0.497 e. The second kappa shape index (κ2) is 13.1. The van der Waals surface area contributed by atoms with Crippen LogP contribution in [0.3, 0.4) is 0 Å². The summed E-state index contributed by atoms with van der Waals surface area (Å²) in [4.78, 5) is 25.7. The first-order valence-corrected chi connectivity index (χ1v) is 8.77. The number of aromatic nitrogens is 1. The summed E-state index contributed by atoms with van der Waals surface area (Å²) in [5.74, 6) is 1.15. The van der Waals surface area contributed by atoms with Gasteiger partial charge in [-0.3, -0.25) is 4.99 Å². The van der Waals surface area contributed by atoms with Gasteiger partial charge in [-0.1, -0.05) is 19.8 Å². The van der Waals surface area contributed by atoms with E-state index in [1.165, 1.54) is 6.42 Å². The molecule has 0 spiro atoms. The van der Waals surface area contributed by atoms with Gasteiger partial charge >= 0.3 is 0 Å². The van der Waals surface area contributed by atoms with E-state index < -0.39 is 0 Å². The monoisotopic (exact) mass is 373 g/mol. The number of methoxy groups -OCH3 is 1. The highest BCUT2D eigenvalue weighted by atomic mass is 16.5. The van der Waals surface area contributed by atoms with Crippen LogP contribution < -0.4 is 15.9 Å². The maximum Gasteiger partial charge on any atom is 0.209 e. The van der Waals surface area contributed by atoms with E-state index in [9.17, 15) is 9.59 Å². The number of nitrogens with zero attached hydrogens (tertiary/aromatic N) is 2. The molecule has 0 atom stereocenters. The second-order valence-electron chi connectivity index (χ2n) is 5.57. The molecule has 4 N–H and O–H groups in total. The summed E-state index contributed by atoms with van der Waals surface area (Å²) in [5.41, 5.74) is 10.5. The standard InChI is InChI=1S/C16H23N5O.C3H4O2/c1-3-4-5-8-18-16(17)21-20-11-12-10-19-15-7-6-13(22-2)9-14(12)15;4-2-1-3-5/h6-7,9-11,19H,3-5,8H2,1-2H3,(H3,17,18,21);2-3H,1H2/b20-11+;. The van der Waals surface area contributed by atoms with E-state index in [1.54, 1.807) is 13.3 Å². The molecule has 0 bridgehead atoms. The number of hydrogen-bond acceptors (Lipinski definition) is 5. The fraction of sp³-hybridized carbons (Fsp3) is 0.368. The minimum atomic E-state index is 0.0278. The highest BCUT2D eigenvalue weighted by Crippen LogP contribution is 2.22. The number of carbonyl (C=O) groups excluding carboxylic acids is 2. The lowest BCUT2D eigenvalue weighted by atomic mass is 10.2. The molecule has 27 heavy (non-hydrogen) atoms. The number of unbranched alkanes of at least 4 members (excludes halogenated alkanes) is 2. The molecule has 0 radical (unpaired) electrons. The van der Waals surface area contributed by atoms with Crippen LogP contribution in [0.25, 0.3) is 10.9 Å². The lowest BCUT2D eigenvalue weighted by molar-refractivity contribution is -0.114. The molecule has 1 heterocycles. The molecule has 0 aliphatic heterocycles. The summed E-state index contributed by atoms with van der Waals surface area (Å²) in [7, 11) is 1.65. The van der Waals surface area contributed by atoms with Crippen molar-refractivity contribution in [2.75, 3.05) is 13.7 Å². The van der Waals surface area contributed by atoms with Crippen molar-refractivity contribution in [3.05, 3.63) is 30.0 Å². The van der Waals surface area contributed by atoms with Crippen LogP contribution in [-0.2, 0) is 9.59 Å². The number of hydrogen-bond donors (Lipinski definition) is 3. The molecule has 0 saturated carbocycles. The molecular weight excluding hydrogens is 346 g/mol. The van der Waals surface area contributed by atoms with Crippen molar-refractivity contribution in [1.29, 1.82) is 0 Å². The number of nitrogens with two attached hydrogens (primary N) is 1. The Morgan fingerprint density at radius 3 is 2.70 bits per heavy atom. The predicted molar refractivity (Wildman–Crippen MR) is 108 cm³/mol. The number of aliphatic imine (C=N–C) groups is 1. The molecule has 0 amide bonds. The van der Waals surface area contributed by atoms with Crippen molar-refractivity contribution in [1.82, 2.24) is 10.4 Å². The number of hydrazone groups is 1. The highest BCUT2D eigenvalue weighted by molar-refractivity contribution is 5.99. The molecule has 0 aliphatic rings. The predicted octanol–water partition coefficient (Wildman–Crippen LogP) is 2.38. The quantitative estimate of drug-likeness (QED) is 0.156. The van der Waals surface area contributed by atoms with E-state index in [0.29, 0.717) is 18.5 Å². The van der Waals surface area contributed by atoms with Gasteiger partial charge in [-0.2, -0.15) is 5.10 Å². The van der Waals surface area contributed by atoms with Gasteiger partial charge in [0.05, 0.1) is 19.7 Å². The van der Waals surface area contributed by atoms with Crippen LogP contribution in [0, 0.1) is 0 Å². The Hall–Kier alpha value is -3.16. The summed E-state index contributed by atoms with van der Waals surface area (Å²) in [5, 5.41) is 5.17. The molecule has 0 aliphatic carbocycles. The molecule has 2 rings (SSSR count). The Morgan fingerprint density at radius 2 is 2.07 bits per heavy atom. The first-order chi connectivity index (χ1) is 13.2. The van der Waals surface area contributed by atoms with Gasteiger partial charge in [0.1, 0.15) is 18.3 Å². The van der Waals surface area contributed by atoms with Crippen LogP contribution in [0.5, 0.6) is 5.75 Å². The lowest BCUT2D eigenvalue weighted by Gasteiger charge is -2.00. The number of rotatable bonds is 9. The zero-order valence-corrected chi connectivity index (χ0v) is 15.8. The number of fused-ring (bicyclic) bond motifs is 1. The van der Waals surface area contributed by atoms with Gasteiger partial charge in [-0.25, -0.2) is 5.43 Å². The Kier molecular flexibility index (Phi) is 10.6.